The lowest BCUT2D eigenvalue weighted by Crippen LogP contribution is -2.14. The number of rotatable bonds is 4. The van der Waals surface area contributed by atoms with Crippen LogP contribution in [0.25, 0.3) is 0 Å². The maximum Gasteiger partial charge on any atom is 0.267 e. The summed E-state index contributed by atoms with van der Waals surface area (Å²) in [4.78, 5) is 12.1. The van der Waals surface area contributed by atoms with Crippen molar-refractivity contribution in [2.24, 2.45) is 0 Å². The molecular formula is C18H16BrN3O. The van der Waals surface area contributed by atoms with Crippen LogP contribution >= 0.6 is 15.9 Å². The van der Waals surface area contributed by atoms with E-state index in [0.717, 1.165) is 21.3 Å². The molecule has 2 aromatic carbocycles. The van der Waals surface area contributed by atoms with Crippen LogP contribution in [0, 0.1) is 25.2 Å². The number of hydrogen-bond acceptors (Lipinski definition) is 3. The molecule has 23 heavy (non-hydrogen) atoms. The monoisotopic (exact) mass is 369 g/mol. The number of benzene rings is 2. The Morgan fingerprint density at radius 1 is 1.13 bits per heavy atom. The van der Waals surface area contributed by atoms with Crippen molar-refractivity contribution >= 4 is 33.2 Å². The number of carbonyl (C=O) groups is 1. The summed E-state index contributed by atoms with van der Waals surface area (Å²) in [6, 6.07) is 15.1. The molecule has 0 radical (unpaired) electrons. The molecule has 0 bridgehead atoms. The quantitative estimate of drug-likeness (QED) is 0.614. The summed E-state index contributed by atoms with van der Waals surface area (Å²) in [5, 5.41) is 14.9. The third-order valence-electron chi connectivity index (χ3n) is 3.17. The van der Waals surface area contributed by atoms with Gasteiger partial charge in [-0.2, -0.15) is 5.26 Å². The maximum absolute atomic E-state index is 12.1. The first-order valence-corrected chi connectivity index (χ1v) is 7.80. The van der Waals surface area contributed by atoms with Crippen molar-refractivity contribution in [2.75, 3.05) is 10.6 Å². The zero-order valence-corrected chi connectivity index (χ0v) is 14.4. The number of nitrogens with zero attached hydrogens (tertiary/aromatic N) is 1. The van der Waals surface area contributed by atoms with E-state index in [1.54, 1.807) is 12.1 Å². The molecule has 0 fully saturated rings. The highest BCUT2D eigenvalue weighted by molar-refractivity contribution is 9.10. The van der Waals surface area contributed by atoms with Gasteiger partial charge in [-0.25, -0.2) is 0 Å². The van der Waals surface area contributed by atoms with Crippen LogP contribution in [0.4, 0.5) is 11.4 Å². The van der Waals surface area contributed by atoms with Gasteiger partial charge in [0, 0.05) is 16.4 Å². The summed E-state index contributed by atoms with van der Waals surface area (Å²) in [5.74, 6) is -0.452. The van der Waals surface area contributed by atoms with Gasteiger partial charge in [-0.05, 0) is 59.6 Å². The van der Waals surface area contributed by atoms with Crippen LogP contribution in [0.5, 0.6) is 0 Å². The standard InChI is InChI=1S/C18H16BrN3O/c1-12-3-6-15(7-4-12)22-18(23)14(10-20)11-21-17-8-5-13(2)9-16(17)19/h3-9,11,21H,1-2H3,(H,22,23)/b14-11-. The van der Waals surface area contributed by atoms with Gasteiger partial charge in [-0.15, -0.1) is 0 Å². The first-order valence-electron chi connectivity index (χ1n) is 7.00. The van der Waals surface area contributed by atoms with Gasteiger partial charge in [0.05, 0.1) is 5.69 Å². The third-order valence-corrected chi connectivity index (χ3v) is 3.83. The maximum atomic E-state index is 12.1. The average molecular weight is 370 g/mol. The molecule has 0 aliphatic carbocycles. The molecule has 2 rings (SSSR count). The summed E-state index contributed by atoms with van der Waals surface area (Å²) in [7, 11) is 0. The van der Waals surface area contributed by atoms with E-state index in [-0.39, 0.29) is 5.57 Å². The number of carbonyl (C=O) groups excluding carboxylic acids is 1. The second-order valence-corrected chi connectivity index (χ2v) is 5.97. The molecule has 0 aliphatic heterocycles. The molecule has 0 heterocycles. The van der Waals surface area contributed by atoms with Crippen LogP contribution in [0.3, 0.4) is 0 Å². The van der Waals surface area contributed by atoms with Crippen molar-refractivity contribution in [2.45, 2.75) is 13.8 Å². The van der Waals surface area contributed by atoms with Crippen LogP contribution in [0.15, 0.2) is 58.7 Å². The molecule has 2 aromatic rings. The Hall–Kier alpha value is -2.58. The number of amides is 1. The van der Waals surface area contributed by atoms with Gasteiger partial charge in [0.15, 0.2) is 0 Å². The zero-order chi connectivity index (χ0) is 16.8. The summed E-state index contributed by atoms with van der Waals surface area (Å²) in [6.45, 7) is 3.95. The van der Waals surface area contributed by atoms with Gasteiger partial charge >= 0.3 is 0 Å². The summed E-state index contributed by atoms with van der Waals surface area (Å²) in [6.07, 6.45) is 1.40. The highest BCUT2D eigenvalue weighted by atomic mass is 79.9. The van der Waals surface area contributed by atoms with Crippen molar-refractivity contribution in [3.63, 3.8) is 0 Å². The first-order chi connectivity index (χ1) is 11.0. The lowest BCUT2D eigenvalue weighted by molar-refractivity contribution is -0.112. The summed E-state index contributed by atoms with van der Waals surface area (Å²) < 4.78 is 0.866. The number of nitrogens with one attached hydrogen (secondary N) is 2. The molecule has 116 valence electrons. The summed E-state index contributed by atoms with van der Waals surface area (Å²) in [5.41, 5.74) is 3.65. The molecule has 0 atom stereocenters. The van der Waals surface area contributed by atoms with E-state index in [4.69, 9.17) is 0 Å². The van der Waals surface area contributed by atoms with Crippen molar-refractivity contribution in [3.8, 4) is 6.07 Å². The van der Waals surface area contributed by atoms with Crippen molar-refractivity contribution < 1.29 is 4.79 Å². The van der Waals surface area contributed by atoms with E-state index in [1.165, 1.54) is 6.20 Å². The molecule has 0 aliphatic rings. The highest BCUT2D eigenvalue weighted by Gasteiger charge is 2.09. The third kappa shape index (κ3) is 4.70. The van der Waals surface area contributed by atoms with Gasteiger partial charge < -0.3 is 10.6 Å². The molecular weight excluding hydrogens is 354 g/mol. The minimum absolute atomic E-state index is 0.00181. The molecule has 0 aromatic heterocycles. The van der Waals surface area contributed by atoms with Crippen molar-refractivity contribution in [1.82, 2.24) is 0 Å². The molecule has 0 unspecified atom stereocenters. The second-order valence-electron chi connectivity index (χ2n) is 5.12. The fourth-order valence-electron chi connectivity index (χ4n) is 1.87. The summed E-state index contributed by atoms with van der Waals surface area (Å²) >= 11 is 3.44. The van der Waals surface area contributed by atoms with E-state index in [9.17, 15) is 10.1 Å². The Morgan fingerprint density at radius 2 is 1.78 bits per heavy atom. The molecule has 0 saturated heterocycles. The first kappa shape index (κ1) is 16.8. The SMILES string of the molecule is Cc1ccc(NC(=O)/C(C#N)=C\Nc2ccc(C)cc2Br)cc1. The highest BCUT2D eigenvalue weighted by Crippen LogP contribution is 2.23. The minimum atomic E-state index is -0.452. The average Bonchev–Trinajstić information content (AvgIpc) is 2.52. The Kier molecular flexibility index (Phi) is 5.56. The smallest absolute Gasteiger partial charge is 0.267 e. The Labute approximate surface area is 144 Å². The fourth-order valence-corrected chi connectivity index (χ4v) is 2.48. The lowest BCUT2D eigenvalue weighted by atomic mass is 10.2. The van der Waals surface area contributed by atoms with Crippen LogP contribution in [0.1, 0.15) is 11.1 Å². The number of anilines is 2. The predicted octanol–water partition coefficient (Wildman–Crippen LogP) is 4.52. The van der Waals surface area contributed by atoms with Crippen LogP contribution < -0.4 is 10.6 Å². The number of hydrogen-bond donors (Lipinski definition) is 2. The molecule has 2 N–H and O–H groups in total. The number of halogens is 1. The van der Waals surface area contributed by atoms with Crippen LogP contribution in [-0.4, -0.2) is 5.91 Å². The van der Waals surface area contributed by atoms with Gasteiger partial charge in [-0.3, -0.25) is 4.79 Å². The molecule has 0 spiro atoms. The number of nitriles is 1. The van der Waals surface area contributed by atoms with Crippen LogP contribution in [0.2, 0.25) is 0 Å². The van der Waals surface area contributed by atoms with E-state index < -0.39 is 5.91 Å². The largest absolute Gasteiger partial charge is 0.359 e. The Morgan fingerprint density at radius 3 is 2.39 bits per heavy atom. The normalized spacial score (nSPS) is 10.8. The van der Waals surface area contributed by atoms with Gasteiger partial charge in [0.2, 0.25) is 0 Å². The molecule has 5 heteroatoms. The second kappa shape index (κ2) is 7.61. The van der Waals surface area contributed by atoms with Crippen molar-refractivity contribution in [3.05, 3.63) is 69.8 Å². The van der Waals surface area contributed by atoms with Crippen LogP contribution in [-0.2, 0) is 4.79 Å². The fraction of sp³-hybridized carbons (Fsp3) is 0.111. The topological polar surface area (TPSA) is 64.9 Å². The van der Waals surface area contributed by atoms with Crippen molar-refractivity contribution in [1.29, 1.82) is 5.26 Å². The van der Waals surface area contributed by atoms with Gasteiger partial charge in [-0.1, -0.05) is 23.8 Å². The predicted molar refractivity (Wildman–Crippen MR) is 96.0 cm³/mol. The molecule has 1 amide bonds. The van der Waals surface area contributed by atoms with E-state index >= 15 is 0 Å². The molecule has 4 nitrogen and oxygen atoms in total. The minimum Gasteiger partial charge on any atom is -0.359 e. The zero-order valence-electron chi connectivity index (χ0n) is 12.9. The number of aryl methyl sites for hydroxylation is 2. The van der Waals surface area contributed by atoms with Gasteiger partial charge in [0.25, 0.3) is 5.91 Å². The van der Waals surface area contributed by atoms with E-state index in [1.807, 2.05) is 50.2 Å². The lowest BCUT2D eigenvalue weighted by Gasteiger charge is -2.07. The van der Waals surface area contributed by atoms with E-state index in [0.29, 0.717) is 5.69 Å². The Balaban J connectivity index is 2.10. The molecule has 0 saturated carbocycles. The Bertz CT molecular complexity index is 789. The van der Waals surface area contributed by atoms with E-state index in [2.05, 4.69) is 26.6 Å². The van der Waals surface area contributed by atoms with Gasteiger partial charge in [0.1, 0.15) is 11.6 Å².